The van der Waals surface area contributed by atoms with Crippen molar-refractivity contribution < 1.29 is 23.4 Å². The fourth-order valence-electron chi connectivity index (χ4n) is 3.02. The molecule has 6 heteroatoms. The van der Waals surface area contributed by atoms with E-state index in [0.717, 1.165) is 23.8 Å². The van der Waals surface area contributed by atoms with Crippen LogP contribution >= 0.6 is 0 Å². The van der Waals surface area contributed by atoms with E-state index in [1.54, 1.807) is 30.3 Å². The van der Waals surface area contributed by atoms with Crippen LogP contribution in [0.15, 0.2) is 51.7 Å². The molecule has 0 saturated carbocycles. The number of hydrogen-bond donors (Lipinski definition) is 0. The van der Waals surface area contributed by atoms with Gasteiger partial charge in [0.2, 0.25) is 0 Å². The first-order valence-corrected chi connectivity index (χ1v) is 9.00. The van der Waals surface area contributed by atoms with E-state index < -0.39 is 5.63 Å². The number of carbonyl (C=O) groups excluding carboxylic acids is 1. The van der Waals surface area contributed by atoms with Crippen molar-refractivity contribution in [2.24, 2.45) is 0 Å². The van der Waals surface area contributed by atoms with Gasteiger partial charge in [-0.25, -0.2) is 4.79 Å². The molecule has 0 atom stereocenters. The van der Waals surface area contributed by atoms with Gasteiger partial charge in [-0.05, 0) is 42.3 Å². The van der Waals surface area contributed by atoms with E-state index in [1.165, 1.54) is 20.3 Å². The van der Waals surface area contributed by atoms with E-state index in [0.29, 0.717) is 28.4 Å². The van der Waals surface area contributed by atoms with Gasteiger partial charge in [0.25, 0.3) is 0 Å². The minimum Gasteiger partial charge on any atom is -0.493 e. The Labute approximate surface area is 162 Å². The Bertz CT molecular complexity index is 1050. The van der Waals surface area contributed by atoms with Crippen molar-refractivity contribution in [3.63, 3.8) is 0 Å². The fourth-order valence-corrected chi connectivity index (χ4v) is 3.02. The third kappa shape index (κ3) is 4.17. The topological polar surface area (TPSA) is 75.0 Å². The summed E-state index contributed by atoms with van der Waals surface area (Å²) in [6, 6.07) is 11.7. The molecule has 0 spiro atoms. The number of fused-ring (bicyclic) bond motifs is 1. The Kier molecular flexibility index (Phi) is 5.99. The first-order chi connectivity index (χ1) is 13.5. The molecular formula is C22H22O6. The van der Waals surface area contributed by atoms with Gasteiger partial charge >= 0.3 is 5.63 Å². The molecule has 0 bridgehead atoms. The monoisotopic (exact) mass is 382 g/mol. The summed E-state index contributed by atoms with van der Waals surface area (Å²) in [6.07, 6.45) is 1.72. The molecule has 0 aliphatic heterocycles. The van der Waals surface area contributed by atoms with Crippen molar-refractivity contribution in [1.82, 2.24) is 0 Å². The molecule has 0 aliphatic rings. The van der Waals surface area contributed by atoms with E-state index in [-0.39, 0.29) is 12.4 Å². The summed E-state index contributed by atoms with van der Waals surface area (Å²) >= 11 is 0. The van der Waals surface area contributed by atoms with Gasteiger partial charge in [0.1, 0.15) is 11.3 Å². The molecule has 0 amide bonds. The second-order valence-electron chi connectivity index (χ2n) is 6.28. The summed E-state index contributed by atoms with van der Waals surface area (Å²) in [5.41, 5.74) is 1.46. The second kappa shape index (κ2) is 8.61. The highest BCUT2D eigenvalue weighted by molar-refractivity contribution is 5.98. The summed E-state index contributed by atoms with van der Waals surface area (Å²) in [5, 5.41) is 0.875. The second-order valence-corrected chi connectivity index (χ2v) is 6.28. The Morgan fingerprint density at radius 3 is 2.50 bits per heavy atom. The molecule has 28 heavy (non-hydrogen) atoms. The van der Waals surface area contributed by atoms with Gasteiger partial charge in [-0.15, -0.1) is 0 Å². The predicted molar refractivity (Wildman–Crippen MR) is 106 cm³/mol. The molecular weight excluding hydrogens is 360 g/mol. The molecule has 0 radical (unpaired) electrons. The maximum atomic E-state index is 12.4. The lowest BCUT2D eigenvalue weighted by atomic mass is 10.1. The van der Waals surface area contributed by atoms with Crippen LogP contribution in [-0.2, 0) is 6.42 Å². The van der Waals surface area contributed by atoms with Crippen LogP contribution in [0.2, 0.25) is 0 Å². The van der Waals surface area contributed by atoms with Crippen LogP contribution in [-0.4, -0.2) is 26.6 Å². The first-order valence-electron chi connectivity index (χ1n) is 9.00. The summed E-state index contributed by atoms with van der Waals surface area (Å²) in [5.74, 6) is 1.28. The normalized spacial score (nSPS) is 10.7. The third-order valence-corrected chi connectivity index (χ3v) is 4.40. The summed E-state index contributed by atoms with van der Waals surface area (Å²) in [7, 11) is 3.05. The highest BCUT2D eigenvalue weighted by Crippen LogP contribution is 2.28. The number of methoxy groups -OCH3 is 2. The first kappa shape index (κ1) is 19.5. The van der Waals surface area contributed by atoms with Crippen LogP contribution in [0, 0.1) is 0 Å². The summed E-state index contributed by atoms with van der Waals surface area (Å²) < 4.78 is 21.3. The van der Waals surface area contributed by atoms with Crippen LogP contribution in [0.3, 0.4) is 0 Å². The maximum Gasteiger partial charge on any atom is 0.336 e. The Hall–Kier alpha value is -3.28. The molecule has 1 heterocycles. The van der Waals surface area contributed by atoms with Crippen LogP contribution in [0.1, 0.15) is 29.3 Å². The van der Waals surface area contributed by atoms with Crippen LogP contribution in [0.4, 0.5) is 0 Å². The van der Waals surface area contributed by atoms with Crippen molar-refractivity contribution in [3.05, 3.63) is 64.0 Å². The number of carbonyl (C=O) groups is 1. The standard InChI is InChI=1S/C22H22O6/c1-4-5-14-11-22(24)28-20-12-16(7-8-17(14)20)27-13-18(23)15-6-9-19(25-2)21(10-15)26-3/h6-12H,4-5,13H2,1-3H3. The quantitative estimate of drug-likeness (QED) is 0.433. The van der Waals surface area contributed by atoms with Gasteiger partial charge in [0.15, 0.2) is 23.9 Å². The SMILES string of the molecule is CCCc1cc(=O)oc2cc(OCC(=O)c3ccc(OC)c(OC)c3)ccc12. The molecule has 146 valence electrons. The number of hydrogen-bond acceptors (Lipinski definition) is 6. The molecule has 1 aromatic heterocycles. The van der Waals surface area contributed by atoms with E-state index >= 15 is 0 Å². The average molecular weight is 382 g/mol. The van der Waals surface area contributed by atoms with Gasteiger partial charge in [0.05, 0.1) is 14.2 Å². The lowest BCUT2D eigenvalue weighted by Gasteiger charge is -2.10. The van der Waals surface area contributed by atoms with E-state index in [4.69, 9.17) is 18.6 Å². The highest BCUT2D eigenvalue weighted by atomic mass is 16.5. The zero-order chi connectivity index (χ0) is 20.1. The lowest BCUT2D eigenvalue weighted by molar-refractivity contribution is 0.0921. The van der Waals surface area contributed by atoms with Crippen molar-refractivity contribution in [2.45, 2.75) is 19.8 Å². The van der Waals surface area contributed by atoms with Gasteiger partial charge in [0, 0.05) is 23.1 Å². The van der Waals surface area contributed by atoms with Crippen LogP contribution < -0.4 is 19.8 Å². The summed E-state index contributed by atoms with van der Waals surface area (Å²) in [6.45, 7) is 1.90. The van der Waals surface area contributed by atoms with E-state index in [9.17, 15) is 9.59 Å². The van der Waals surface area contributed by atoms with Crippen LogP contribution in [0.5, 0.6) is 17.2 Å². The molecule has 0 N–H and O–H groups in total. The van der Waals surface area contributed by atoms with Gasteiger partial charge in [-0.1, -0.05) is 13.3 Å². The van der Waals surface area contributed by atoms with Crippen molar-refractivity contribution in [1.29, 1.82) is 0 Å². The largest absolute Gasteiger partial charge is 0.493 e. The number of Topliss-reactive ketones (excluding diaryl/α,β-unsaturated/α-hetero) is 1. The van der Waals surface area contributed by atoms with Crippen molar-refractivity contribution in [3.8, 4) is 17.2 Å². The fraction of sp³-hybridized carbons (Fsp3) is 0.273. The molecule has 6 nitrogen and oxygen atoms in total. The average Bonchev–Trinajstić information content (AvgIpc) is 2.71. The molecule has 0 saturated heterocycles. The molecule has 3 aromatic rings. The molecule has 0 unspecified atom stereocenters. The minimum atomic E-state index is -0.394. The number of ether oxygens (including phenoxy) is 3. The van der Waals surface area contributed by atoms with Crippen LogP contribution in [0.25, 0.3) is 11.0 Å². The number of rotatable bonds is 8. The van der Waals surface area contributed by atoms with Gasteiger partial charge in [-0.2, -0.15) is 0 Å². The Balaban J connectivity index is 1.78. The predicted octanol–water partition coefficient (Wildman–Crippen LogP) is 4.02. The maximum absolute atomic E-state index is 12.4. The zero-order valence-electron chi connectivity index (χ0n) is 16.1. The minimum absolute atomic E-state index is 0.153. The molecule has 0 fully saturated rings. The molecule has 2 aromatic carbocycles. The Morgan fingerprint density at radius 2 is 1.79 bits per heavy atom. The zero-order valence-corrected chi connectivity index (χ0v) is 16.1. The highest BCUT2D eigenvalue weighted by Gasteiger charge is 2.12. The number of ketones is 1. The van der Waals surface area contributed by atoms with Crippen molar-refractivity contribution >= 4 is 16.8 Å². The smallest absolute Gasteiger partial charge is 0.336 e. The Morgan fingerprint density at radius 1 is 1.00 bits per heavy atom. The number of benzene rings is 2. The number of aryl methyl sites for hydroxylation is 1. The lowest BCUT2D eigenvalue weighted by Crippen LogP contribution is -2.12. The molecule has 3 rings (SSSR count). The summed E-state index contributed by atoms with van der Waals surface area (Å²) in [4.78, 5) is 24.2. The van der Waals surface area contributed by atoms with E-state index in [1.807, 2.05) is 6.07 Å². The van der Waals surface area contributed by atoms with Gasteiger partial charge < -0.3 is 18.6 Å². The third-order valence-electron chi connectivity index (χ3n) is 4.40. The van der Waals surface area contributed by atoms with E-state index in [2.05, 4.69) is 6.92 Å². The van der Waals surface area contributed by atoms with Gasteiger partial charge in [-0.3, -0.25) is 4.79 Å². The van der Waals surface area contributed by atoms with Crippen molar-refractivity contribution in [2.75, 3.05) is 20.8 Å². The molecule has 0 aliphatic carbocycles.